The van der Waals surface area contributed by atoms with Crippen molar-refractivity contribution in [3.05, 3.63) is 12.2 Å². The molecule has 1 fully saturated rings. The standard InChI is InChI=1S/C13H25N/c1-13(2,3)14-11-7-5-4-6-8-12-9-10-12/h4-5,12,14H,6-11H2,1-3H3. The first-order valence-corrected chi connectivity index (χ1v) is 5.98. The van der Waals surface area contributed by atoms with Crippen molar-refractivity contribution in [3.8, 4) is 0 Å². The van der Waals surface area contributed by atoms with Crippen LogP contribution in [0.4, 0.5) is 0 Å². The van der Waals surface area contributed by atoms with Gasteiger partial charge in [-0.2, -0.15) is 0 Å². The molecule has 0 atom stereocenters. The second-order valence-corrected chi connectivity index (χ2v) is 5.46. The minimum absolute atomic E-state index is 0.266. The Morgan fingerprint density at radius 3 is 2.36 bits per heavy atom. The molecule has 82 valence electrons. The second-order valence-electron chi connectivity index (χ2n) is 5.46. The van der Waals surface area contributed by atoms with Crippen molar-refractivity contribution in [1.29, 1.82) is 0 Å². The third-order valence-corrected chi connectivity index (χ3v) is 2.57. The van der Waals surface area contributed by atoms with E-state index in [9.17, 15) is 0 Å². The molecule has 0 amide bonds. The van der Waals surface area contributed by atoms with Crippen LogP contribution in [0.25, 0.3) is 0 Å². The van der Waals surface area contributed by atoms with Gasteiger partial charge in [0.1, 0.15) is 0 Å². The molecule has 1 rings (SSSR count). The van der Waals surface area contributed by atoms with Gasteiger partial charge < -0.3 is 5.32 Å². The van der Waals surface area contributed by atoms with Gasteiger partial charge in [-0.25, -0.2) is 0 Å². The van der Waals surface area contributed by atoms with Crippen LogP contribution in [0.5, 0.6) is 0 Å². The Morgan fingerprint density at radius 1 is 1.14 bits per heavy atom. The van der Waals surface area contributed by atoms with Gasteiger partial charge in [-0.15, -0.1) is 0 Å². The molecule has 0 aliphatic heterocycles. The van der Waals surface area contributed by atoms with Gasteiger partial charge in [0.2, 0.25) is 0 Å². The summed E-state index contributed by atoms with van der Waals surface area (Å²) >= 11 is 0. The maximum atomic E-state index is 3.48. The van der Waals surface area contributed by atoms with Gasteiger partial charge in [-0.05, 0) is 52.5 Å². The Kier molecular flexibility index (Phi) is 4.67. The third-order valence-electron chi connectivity index (χ3n) is 2.57. The average Bonchev–Trinajstić information content (AvgIpc) is 2.84. The van der Waals surface area contributed by atoms with E-state index in [1.54, 1.807) is 0 Å². The minimum Gasteiger partial charge on any atom is -0.312 e. The van der Waals surface area contributed by atoms with Crippen LogP contribution in [0.15, 0.2) is 12.2 Å². The number of rotatable bonds is 6. The summed E-state index contributed by atoms with van der Waals surface area (Å²) < 4.78 is 0. The fourth-order valence-electron chi connectivity index (χ4n) is 1.50. The van der Waals surface area contributed by atoms with Crippen molar-refractivity contribution in [3.63, 3.8) is 0 Å². The highest BCUT2D eigenvalue weighted by Crippen LogP contribution is 2.33. The second kappa shape index (κ2) is 5.55. The van der Waals surface area contributed by atoms with E-state index < -0.39 is 0 Å². The van der Waals surface area contributed by atoms with E-state index in [1.807, 2.05) is 0 Å². The summed E-state index contributed by atoms with van der Waals surface area (Å²) in [7, 11) is 0. The predicted octanol–water partition coefficient (Wildman–Crippen LogP) is 3.51. The van der Waals surface area contributed by atoms with Gasteiger partial charge in [0.15, 0.2) is 0 Å². The molecular formula is C13H25N. The van der Waals surface area contributed by atoms with Crippen molar-refractivity contribution in [2.45, 2.75) is 58.4 Å². The average molecular weight is 195 g/mol. The van der Waals surface area contributed by atoms with Crippen LogP contribution in [0.3, 0.4) is 0 Å². The zero-order valence-corrected chi connectivity index (χ0v) is 9.97. The van der Waals surface area contributed by atoms with Gasteiger partial charge in [0.25, 0.3) is 0 Å². The Hall–Kier alpha value is -0.300. The topological polar surface area (TPSA) is 12.0 Å². The van der Waals surface area contributed by atoms with Crippen LogP contribution in [0.2, 0.25) is 0 Å². The maximum Gasteiger partial charge on any atom is 0.00966 e. The lowest BCUT2D eigenvalue weighted by Crippen LogP contribution is -2.36. The molecule has 0 saturated heterocycles. The van der Waals surface area contributed by atoms with Gasteiger partial charge in [0, 0.05) is 5.54 Å². The molecular weight excluding hydrogens is 170 g/mol. The maximum absolute atomic E-state index is 3.48. The summed E-state index contributed by atoms with van der Waals surface area (Å²) in [6.45, 7) is 7.74. The van der Waals surface area contributed by atoms with Gasteiger partial charge in [0.05, 0.1) is 0 Å². The fraction of sp³-hybridized carbons (Fsp3) is 0.846. The summed E-state index contributed by atoms with van der Waals surface area (Å²) in [5.41, 5.74) is 0.266. The Labute approximate surface area is 89.0 Å². The first kappa shape index (κ1) is 11.8. The summed E-state index contributed by atoms with van der Waals surface area (Å²) in [4.78, 5) is 0. The predicted molar refractivity (Wildman–Crippen MR) is 63.5 cm³/mol. The van der Waals surface area contributed by atoms with Gasteiger partial charge in [-0.3, -0.25) is 0 Å². The molecule has 1 N–H and O–H groups in total. The van der Waals surface area contributed by atoms with Crippen LogP contribution >= 0.6 is 0 Å². The lowest BCUT2D eigenvalue weighted by Gasteiger charge is -2.19. The SMILES string of the molecule is CC(C)(C)NCCC=CCCC1CC1. The van der Waals surface area contributed by atoms with E-state index >= 15 is 0 Å². The molecule has 0 heterocycles. The van der Waals surface area contributed by atoms with Crippen molar-refractivity contribution in [2.24, 2.45) is 5.92 Å². The third kappa shape index (κ3) is 7.14. The van der Waals surface area contributed by atoms with E-state index in [0.29, 0.717) is 0 Å². The molecule has 14 heavy (non-hydrogen) atoms. The van der Waals surface area contributed by atoms with E-state index in [1.165, 1.54) is 32.1 Å². The smallest absolute Gasteiger partial charge is 0.00966 e. The monoisotopic (exact) mass is 195 g/mol. The van der Waals surface area contributed by atoms with E-state index in [0.717, 1.165) is 12.5 Å². The lowest BCUT2D eigenvalue weighted by atomic mass is 10.1. The molecule has 0 aromatic carbocycles. The highest BCUT2D eigenvalue weighted by molar-refractivity contribution is 4.85. The Bertz CT molecular complexity index is 172. The molecule has 0 unspecified atom stereocenters. The summed E-state index contributed by atoms with van der Waals surface area (Å²) in [5, 5.41) is 3.48. The Morgan fingerprint density at radius 2 is 1.79 bits per heavy atom. The summed E-state index contributed by atoms with van der Waals surface area (Å²) in [6, 6.07) is 0. The van der Waals surface area contributed by atoms with Crippen molar-refractivity contribution >= 4 is 0 Å². The van der Waals surface area contributed by atoms with E-state index in [4.69, 9.17) is 0 Å². The zero-order valence-electron chi connectivity index (χ0n) is 9.97. The normalized spacial score (nSPS) is 17.9. The molecule has 1 nitrogen and oxygen atoms in total. The van der Waals surface area contributed by atoms with Gasteiger partial charge in [-0.1, -0.05) is 25.0 Å². The summed E-state index contributed by atoms with van der Waals surface area (Å²) in [6.07, 6.45) is 11.5. The van der Waals surface area contributed by atoms with E-state index in [2.05, 4.69) is 38.2 Å². The van der Waals surface area contributed by atoms with Gasteiger partial charge >= 0.3 is 0 Å². The molecule has 1 aliphatic carbocycles. The number of nitrogens with one attached hydrogen (secondary N) is 1. The molecule has 1 aliphatic rings. The molecule has 1 heteroatoms. The van der Waals surface area contributed by atoms with Crippen LogP contribution in [-0.2, 0) is 0 Å². The lowest BCUT2D eigenvalue weighted by molar-refractivity contribution is 0.431. The largest absolute Gasteiger partial charge is 0.312 e. The Balaban J connectivity index is 1.86. The van der Waals surface area contributed by atoms with Crippen LogP contribution in [0, 0.1) is 5.92 Å². The number of hydrogen-bond donors (Lipinski definition) is 1. The molecule has 0 aromatic rings. The van der Waals surface area contributed by atoms with Crippen molar-refractivity contribution < 1.29 is 0 Å². The van der Waals surface area contributed by atoms with Crippen molar-refractivity contribution in [1.82, 2.24) is 5.32 Å². The van der Waals surface area contributed by atoms with Crippen molar-refractivity contribution in [2.75, 3.05) is 6.54 Å². The van der Waals surface area contributed by atoms with Crippen LogP contribution < -0.4 is 5.32 Å². The highest BCUT2D eigenvalue weighted by Gasteiger charge is 2.19. The quantitative estimate of drug-likeness (QED) is 0.505. The fourth-order valence-corrected chi connectivity index (χ4v) is 1.50. The van der Waals surface area contributed by atoms with Crippen LogP contribution in [-0.4, -0.2) is 12.1 Å². The molecule has 0 spiro atoms. The molecule has 0 aromatic heterocycles. The van der Waals surface area contributed by atoms with E-state index in [-0.39, 0.29) is 5.54 Å². The number of hydrogen-bond acceptors (Lipinski definition) is 1. The highest BCUT2D eigenvalue weighted by atomic mass is 14.9. The first-order valence-electron chi connectivity index (χ1n) is 5.98. The first-order chi connectivity index (χ1) is 6.58. The summed E-state index contributed by atoms with van der Waals surface area (Å²) in [5.74, 6) is 1.08. The molecule has 0 radical (unpaired) electrons. The number of allylic oxidation sites excluding steroid dienone is 1. The molecule has 1 saturated carbocycles. The van der Waals surface area contributed by atoms with Crippen LogP contribution in [0.1, 0.15) is 52.9 Å². The zero-order chi connectivity index (χ0) is 10.4. The molecule has 0 bridgehead atoms. The minimum atomic E-state index is 0.266.